The molecule has 1 fully saturated rings. The van der Waals surface area contributed by atoms with E-state index in [0.29, 0.717) is 0 Å². The van der Waals surface area contributed by atoms with Crippen LogP contribution in [0.15, 0.2) is 0 Å². The zero-order valence-electron chi connectivity index (χ0n) is 10.7. The lowest BCUT2D eigenvalue weighted by molar-refractivity contribution is -0.130. The minimum atomic E-state index is -0.106. The summed E-state index contributed by atoms with van der Waals surface area (Å²) in [6.07, 6.45) is 10.7. The average molecular weight is 221 g/mol. The van der Waals surface area contributed by atoms with E-state index in [1.54, 1.807) is 0 Å². The number of carbonyl (C=O) groups excluding carboxylic acids is 1. The van der Waals surface area contributed by atoms with Crippen LogP contribution in [0, 0.1) is 23.7 Å². The molecular weight excluding hydrogens is 198 g/mol. The van der Waals surface area contributed by atoms with E-state index < -0.39 is 0 Å². The summed E-state index contributed by atoms with van der Waals surface area (Å²) in [5.74, 6) is 2.89. The molecule has 0 bridgehead atoms. The maximum Gasteiger partial charge on any atom is 0.224 e. The van der Waals surface area contributed by atoms with E-state index in [9.17, 15) is 4.79 Å². The third-order valence-electron chi connectivity index (χ3n) is 3.75. The van der Waals surface area contributed by atoms with Crippen molar-refractivity contribution < 1.29 is 4.79 Å². The first-order valence-corrected chi connectivity index (χ1v) is 6.27. The highest BCUT2D eigenvalue weighted by Gasteiger charge is 2.37. The molecule has 16 heavy (non-hydrogen) atoms. The number of hydrogen-bond acceptors (Lipinski definition) is 1. The summed E-state index contributed by atoms with van der Waals surface area (Å²) in [5, 5.41) is 2.97. The van der Waals surface area contributed by atoms with Crippen LogP contribution in [0.1, 0.15) is 52.9 Å². The topological polar surface area (TPSA) is 29.1 Å². The van der Waals surface area contributed by atoms with E-state index in [4.69, 9.17) is 6.42 Å². The second-order valence-corrected chi connectivity index (χ2v) is 5.42. The zero-order valence-corrected chi connectivity index (χ0v) is 10.7. The smallest absolute Gasteiger partial charge is 0.224 e. The molecule has 0 radical (unpaired) electrons. The number of carbonyl (C=O) groups is 1. The van der Waals surface area contributed by atoms with Gasteiger partial charge in [0.05, 0.1) is 6.04 Å². The van der Waals surface area contributed by atoms with Crippen molar-refractivity contribution in [3.8, 4) is 12.3 Å². The Hall–Kier alpha value is -0.970. The molecular formula is C14H23NO. The number of amides is 1. The van der Waals surface area contributed by atoms with Gasteiger partial charge in [0.1, 0.15) is 0 Å². The Labute approximate surface area is 99.2 Å². The second-order valence-electron chi connectivity index (χ2n) is 5.42. The molecule has 2 atom stereocenters. The van der Waals surface area contributed by atoms with Crippen molar-refractivity contribution in [3.63, 3.8) is 0 Å². The monoisotopic (exact) mass is 221 g/mol. The Balaban J connectivity index is 2.62. The van der Waals surface area contributed by atoms with Gasteiger partial charge in [-0.05, 0) is 24.7 Å². The molecule has 2 heteroatoms. The van der Waals surface area contributed by atoms with Gasteiger partial charge in [0.2, 0.25) is 5.91 Å². The summed E-state index contributed by atoms with van der Waals surface area (Å²) in [5.41, 5.74) is 0.120. The molecule has 0 aromatic carbocycles. The van der Waals surface area contributed by atoms with Crippen LogP contribution in [-0.2, 0) is 4.79 Å². The van der Waals surface area contributed by atoms with Gasteiger partial charge in [0.15, 0.2) is 0 Å². The van der Waals surface area contributed by atoms with Crippen molar-refractivity contribution in [1.82, 2.24) is 5.32 Å². The van der Waals surface area contributed by atoms with E-state index >= 15 is 0 Å². The lowest BCUT2D eigenvalue weighted by atomic mass is 9.68. The summed E-state index contributed by atoms with van der Waals surface area (Å²) in [6, 6.07) is -0.106. The third kappa shape index (κ3) is 3.01. The Bertz CT molecular complexity index is 288. The molecule has 0 aromatic rings. The van der Waals surface area contributed by atoms with E-state index in [2.05, 4.69) is 25.1 Å². The van der Waals surface area contributed by atoms with Crippen molar-refractivity contribution in [2.24, 2.45) is 11.3 Å². The molecule has 2 unspecified atom stereocenters. The highest BCUT2D eigenvalue weighted by atomic mass is 16.2. The van der Waals surface area contributed by atoms with Crippen molar-refractivity contribution in [2.45, 2.75) is 58.9 Å². The molecule has 1 saturated carbocycles. The Morgan fingerprint density at radius 2 is 2.25 bits per heavy atom. The average Bonchev–Trinajstić information content (AvgIpc) is 2.24. The molecule has 1 amide bonds. The van der Waals surface area contributed by atoms with E-state index in [1.807, 2.05) is 6.92 Å². The standard InChI is InChI=1S/C14H23NO/c1-5-11(6-2)15-13(16)12-9-7-8-10-14(12,3)4/h1,11-12H,6-10H2,2-4H3,(H,15,16). The first-order chi connectivity index (χ1) is 7.51. The zero-order chi connectivity index (χ0) is 12.2. The molecule has 1 N–H and O–H groups in total. The van der Waals surface area contributed by atoms with Crippen LogP contribution in [0.4, 0.5) is 0 Å². The number of hydrogen-bond donors (Lipinski definition) is 1. The first-order valence-electron chi connectivity index (χ1n) is 6.27. The Kier molecular flexibility index (Phi) is 4.41. The van der Waals surface area contributed by atoms with Gasteiger partial charge in [-0.3, -0.25) is 4.79 Å². The molecule has 0 heterocycles. The van der Waals surface area contributed by atoms with Crippen molar-refractivity contribution in [2.75, 3.05) is 0 Å². The van der Waals surface area contributed by atoms with Gasteiger partial charge in [-0.25, -0.2) is 0 Å². The van der Waals surface area contributed by atoms with Crippen molar-refractivity contribution in [3.05, 3.63) is 0 Å². The third-order valence-corrected chi connectivity index (χ3v) is 3.75. The summed E-state index contributed by atoms with van der Waals surface area (Å²) in [7, 11) is 0. The van der Waals surface area contributed by atoms with Crippen LogP contribution < -0.4 is 5.32 Å². The summed E-state index contributed by atoms with van der Waals surface area (Å²) < 4.78 is 0. The van der Waals surface area contributed by atoms with Gasteiger partial charge in [-0.1, -0.05) is 39.5 Å². The molecule has 0 spiro atoms. The molecule has 2 nitrogen and oxygen atoms in total. The molecule has 1 aliphatic rings. The number of rotatable bonds is 3. The number of nitrogens with one attached hydrogen (secondary N) is 1. The van der Waals surface area contributed by atoms with Crippen LogP contribution in [0.5, 0.6) is 0 Å². The van der Waals surface area contributed by atoms with E-state index in [1.165, 1.54) is 6.42 Å². The summed E-state index contributed by atoms with van der Waals surface area (Å²) in [4.78, 5) is 12.1. The lowest BCUT2D eigenvalue weighted by Crippen LogP contribution is -2.44. The molecule has 90 valence electrons. The largest absolute Gasteiger partial charge is 0.342 e. The summed E-state index contributed by atoms with van der Waals surface area (Å²) in [6.45, 7) is 6.37. The maximum absolute atomic E-state index is 12.1. The van der Waals surface area contributed by atoms with Crippen LogP contribution in [0.25, 0.3) is 0 Å². The summed E-state index contributed by atoms with van der Waals surface area (Å²) >= 11 is 0. The number of terminal acetylenes is 1. The van der Waals surface area contributed by atoms with Crippen LogP contribution in [-0.4, -0.2) is 11.9 Å². The van der Waals surface area contributed by atoms with Crippen LogP contribution in [0.2, 0.25) is 0 Å². The molecule has 1 aliphatic carbocycles. The van der Waals surface area contributed by atoms with Gasteiger partial charge in [0, 0.05) is 5.92 Å². The van der Waals surface area contributed by atoms with Crippen LogP contribution >= 0.6 is 0 Å². The second kappa shape index (κ2) is 5.39. The predicted molar refractivity (Wildman–Crippen MR) is 66.8 cm³/mol. The normalized spacial score (nSPS) is 25.5. The minimum Gasteiger partial charge on any atom is -0.342 e. The highest BCUT2D eigenvalue weighted by molar-refractivity contribution is 5.80. The molecule has 0 saturated heterocycles. The first kappa shape index (κ1) is 13.1. The highest BCUT2D eigenvalue weighted by Crippen LogP contribution is 2.40. The molecule has 0 aliphatic heterocycles. The Morgan fingerprint density at radius 3 is 2.75 bits per heavy atom. The predicted octanol–water partition coefficient (Wildman–Crippen LogP) is 2.73. The van der Waals surface area contributed by atoms with Gasteiger partial charge >= 0.3 is 0 Å². The van der Waals surface area contributed by atoms with Crippen LogP contribution in [0.3, 0.4) is 0 Å². The van der Waals surface area contributed by atoms with Gasteiger partial charge in [-0.15, -0.1) is 6.42 Å². The van der Waals surface area contributed by atoms with E-state index in [0.717, 1.165) is 25.7 Å². The SMILES string of the molecule is C#CC(CC)NC(=O)C1CCCCC1(C)C. The quantitative estimate of drug-likeness (QED) is 0.729. The maximum atomic E-state index is 12.1. The van der Waals surface area contributed by atoms with Gasteiger partial charge in [-0.2, -0.15) is 0 Å². The van der Waals surface area contributed by atoms with Gasteiger partial charge < -0.3 is 5.32 Å². The van der Waals surface area contributed by atoms with Crippen molar-refractivity contribution >= 4 is 5.91 Å². The fourth-order valence-corrected chi connectivity index (χ4v) is 2.51. The molecule has 0 aromatic heterocycles. The fourth-order valence-electron chi connectivity index (χ4n) is 2.51. The molecule has 1 rings (SSSR count). The van der Waals surface area contributed by atoms with Crippen molar-refractivity contribution in [1.29, 1.82) is 0 Å². The fraction of sp³-hybridized carbons (Fsp3) is 0.786. The lowest BCUT2D eigenvalue weighted by Gasteiger charge is -2.37. The minimum absolute atomic E-state index is 0.106. The van der Waals surface area contributed by atoms with Gasteiger partial charge in [0.25, 0.3) is 0 Å². The van der Waals surface area contributed by atoms with E-state index in [-0.39, 0.29) is 23.3 Å². The Morgan fingerprint density at radius 1 is 1.56 bits per heavy atom.